The molecule has 0 rings (SSSR count). The van der Waals surface area contributed by atoms with Crippen molar-refractivity contribution in [1.82, 2.24) is 10.2 Å². The van der Waals surface area contributed by atoms with E-state index in [2.05, 4.69) is 44.6 Å². The van der Waals surface area contributed by atoms with Gasteiger partial charge in [-0.05, 0) is 20.3 Å². The number of rotatable bonds is 5. The van der Waals surface area contributed by atoms with Gasteiger partial charge in [0.25, 0.3) is 0 Å². The second kappa shape index (κ2) is 5.05. The normalized spacial score (nSPS) is 9.91. The first kappa shape index (κ1) is 10.3. The molecule has 11 heavy (non-hydrogen) atoms. The molecule has 0 aromatic carbocycles. The SMILES string of the molecule is C=C(NC(C)C)N(C)CCC. The summed E-state index contributed by atoms with van der Waals surface area (Å²) in [6, 6.07) is 0.474. The third-order valence-electron chi connectivity index (χ3n) is 1.48. The molecular formula is C9H20N2. The van der Waals surface area contributed by atoms with Gasteiger partial charge in [0.05, 0.1) is 5.82 Å². The topological polar surface area (TPSA) is 15.3 Å². The Bertz CT molecular complexity index is 119. The lowest BCUT2D eigenvalue weighted by Gasteiger charge is -2.23. The molecule has 2 heteroatoms. The van der Waals surface area contributed by atoms with Gasteiger partial charge in [-0.25, -0.2) is 0 Å². The summed E-state index contributed by atoms with van der Waals surface area (Å²) in [5.41, 5.74) is 0. The summed E-state index contributed by atoms with van der Waals surface area (Å²) in [4.78, 5) is 2.14. The van der Waals surface area contributed by atoms with Crippen molar-refractivity contribution in [3.63, 3.8) is 0 Å². The highest BCUT2D eigenvalue weighted by Crippen LogP contribution is 1.96. The highest BCUT2D eigenvalue weighted by molar-refractivity contribution is 4.90. The van der Waals surface area contributed by atoms with Crippen LogP contribution in [0.3, 0.4) is 0 Å². The standard InChI is InChI=1S/C9H20N2/c1-6-7-11(5)9(4)10-8(2)3/h8,10H,4,6-7H2,1-3,5H3. The van der Waals surface area contributed by atoms with E-state index in [1.165, 1.54) is 0 Å². The van der Waals surface area contributed by atoms with Gasteiger partial charge in [-0.1, -0.05) is 13.5 Å². The maximum atomic E-state index is 3.93. The minimum atomic E-state index is 0.474. The molecule has 0 bridgehead atoms. The van der Waals surface area contributed by atoms with Gasteiger partial charge in [0, 0.05) is 19.6 Å². The van der Waals surface area contributed by atoms with Crippen molar-refractivity contribution in [2.45, 2.75) is 33.2 Å². The van der Waals surface area contributed by atoms with Gasteiger partial charge in [-0.3, -0.25) is 0 Å². The summed E-state index contributed by atoms with van der Waals surface area (Å²) in [5.74, 6) is 1.02. The molecule has 0 fully saturated rings. The van der Waals surface area contributed by atoms with E-state index in [-0.39, 0.29) is 0 Å². The molecule has 0 heterocycles. The van der Waals surface area contributed by atoms with Crippen molar-refractivity contribution < 1.29 is 0 Å². The lowest BCUT2D eigenvalue weighted by atomic mass is 10.4. The second-order valence-electron chi connectivity index (χ2n) is 3.17. The predicted molar refractivity (Wildman–Crippen MR) is 50.3 cm³/mol. The molecule has 1 N–H and O–H groups in total. The molecular weight excluding hydrogens is 136 g/mol. The average Bonchev–Trinajstić information content (AvgIpc) is 1.86. The first-order valence-electron chi connectivity index (χ1n) is 4.24. The van der Waals surface area contributed by atoms with Crippen LogP contribution in [0.25, 0.3) is 0 Å². The zero-order chi connectivity index (χ0) is 8.85. The maximum Gasteiger partial charge on any atom is 0.0938 e. The third-order valence-corrected chi connectivity index (χ3v) is 1.48. The Balaban J connectivity index is 3.64. The van der Waals surface area contributed by atoms with Crippen molar-refractivity contribution in [3.05, 3.63) is 12.4 Å². The fourth-order valence-electron chi connectivity index (χ4n) is 0.914. The Kier molecular flexibility index (Phi) is 4.75. The largest absolute Gasteiger partial charge is 0.370 e. The summed E-state index contributed by atoms with van der Waals surface area (Å²) < 4.78 is 0. The van der Waals surface area contributed by atoms with Crippen molar-refractivity contribution >= 4 is 0 Å². The van der Waals surface area contributed by atoms with Gasteiger partial charge in [-0.2, -0.15) is 0 Å². The quantitative estimate of drug-likeness (QED) is 0.653. The highest BCUT2D eigenvalue weighted by Gasteiger charge is 2.00. The van der Waals surface area contributed by atoms with Crippen LogP contribution in [-0.2, 0) is 0 Å². The third kappa shape index (κ3) is 4.71. The van der Waals surface area contributed by atoms with E-state index in [4.69, 9.17) is 0 Å². The molecule has 0 saturated heterocycles. The van der Waals surface area contributed by atoms with Gasteiger partial charge in [0.15, 0.2) is 0 Å². The van der Waals surface area contributed by atoms with Crippen LogP contribution in [0.2, 0.25) is 0 Å². The Labute approximate surface area is 70.3 Å². The summed E-state index contributed by atoms with van der Waals surface area (Å²) in [6.07, 6.45) is 1.16. The molecule has 0 spiro atoms. The Morgan fingerprint density at radius 3 is 2.45 bits per heavy atom. The van der Waals surface area contributed by atoms with E-state index in [0.29, 0.717) is 6.04 Å². The van der Waals surface area contributed by atoms with E-state index < -0.39 is 0 Å². The molecule has 0 aliphatic heterocycles. The molecule has 0 radical (unpaired) electrons. The molecule has 66 valence electrons. The minimum absolute atomic E-state index is 0.474. The molecule has 0 atom stereocenters. The molecule has 2 nitrogen and oxygen atoms in total. The molecule has 0 amide bonds. The summed E-state index contributed by atoms with van der Waals surface area (Å²) in [5, 5.41) is 3.26. The first-order chi connectivity index (χ1) is 5.07. The first-order valence-corrected chi connectivity index (χ1v) is 4.24. The van der Waals surface area contributed by atoms with Crippen molar-refractivity contribution in [1.29, 1.82) is 0 Å². The van der Waals surface area contributed by atoms with Crippen LogP contribution in [-0.4, -0.2) is 24.5 Å². The minimum Gasteiger partial charge on any atom is -0.370 e. The van der Waals surface area contributed by atoms with E-state index in [0.717, 1.165) is 18.8 Å². The predicted octanol–water partition coefficient (Wildman–Crippen LogP) is 1.80. The van der Waals surface area contributed by atoms with E-state index in [1.54, 1.807) is 0 Å². The van der Waals surface area contributed by atoms with Crippen LogP contribution >= 0.6 is 0 Å². The van der Waals surface area contributed by atoms with E-state index >= 15 is 0 Å². The van der Waals surface area contributed by atoms with Gasteiger partial charge in [-0.15, -0.1) is 0 Å². The van der Waals surface area contributed by atoms with Crippen molar-refractivity contribution in [2.24, 2.45) is 0 Å². The summed E-state index contributed by atoms with van der Waals surface area (Å²) in [7, 11) is 2.06. The summed E-state index contributed by atoms with van der Waals surface area (Å²) in [6.45, 7) is 11.4. The smallest absolute Gasteiger partial charge is 0.0938 e. The van der Waals surface area contributed by atoms with Crippen LogP contribution < -0.4 is 5.32 Å². The molecule has 0 unspecified atom stereocenters. The molecule has 0 aliphatic carbocycles. The fraction of sp³-hybridized carbons (Fsp3) is 0.778. The lowest BCUT2D eigenvalue weighted by molar-refractivity contribution is 0.374. The zero-order valence-electron chi connectivity index (χ0n) is 8.15. The van der Waals surface area contributed by atoms with Gasteiger partial charge in [0.1, 0.15) is 0 Å². The van der Waals surface area contributed by atoms with Gasteiger partial charge >= 0.3 is 0 Å². The Morgan fingerprint density at radius 2 is 2.09 bits per heavy atom. The van der Waals surface area contributed by atoms with Crippen molar-refractivity contribution in [3.8, 4) is 0 Å². The lowest BCUT2D eigenvalue weighted by Crippen LogP contribution is -2.32. The average molecular weight is 156 g/mol. The Hall–Kier alpha value is -0.660. The molecule has 0 aromatic rings. The maximum absolute atomic E-state index is 3.93. The van der Waals surface area contributed by atoms with Crippen LogP contribution in [0, 0.1) is 0 Å². The van der Waals surface area contributed by atoms with Crippen LogP contribution in [0.4, 0.5) is 0 Å². The van der Waals surface area contributed by atoms with Gasteiger partial charge < -0.3 is 10.2 Å². The number of nitrogens with one attached hydrogen (secondary N) is 1. The van der Waals surface area contributed by atoms with E-state index in [1.807, 2.05) is 0 Å². The Morgan fingerprint density at radius 1 is 1.55 bits per heavy atom. The summed E-state index contributed by atoms with van der Waals surface area (Å²) >= 11 is 0. The van der Waals surface area contributed by atoms with Gasteiger partial charge in [0.2, 0.25) is 0 Å². The number of nitrogens with zero attached hydrogens (tertiary/aromatic N) is 1. The van der Waals surface area contributed by atoms with Crippen LogP contribution in [0.1, 0.15) is 27.2 Å². The molecule has 0 aliphatic rings. The molecule has 0 aromatic heterocycles. The van der Waals surface area contributed by atoms with Crippen LogP contribution in [0.5, 0.6) is 0 Å². The molecule has 0 saturated carbocycles. The van der Waals surface area contributed by atoms with E-state index in [9.17, 15) is 0 Å². The van der Waals surface area contributed by atoms with Crippen LogP contribution in [0.15, 0.2) is 12.4 Å². The number of hydrogen-bond donors (Lipinski definition) is 1. The monoisotopic (exact) mass is 156 g/mol. The van der Waals surface area contributed by atoms with Crippen molar-refractivity contribution in [2.75, 3.05) is 13.6 Å². The highest BCUT2D eigenvalue weighted by atomic mass is 15.2. The second-order valence-corrected chi connectivity index (χ2v) is 3.17. The zero-order valence-corrected chi connectivity index (χ0v) is 8.15. The fourth-order valence-corrected chi connectivity index (χ4v) is 0.914. The number of hydrogen-bond acceptors (Lipinski definition) is 2.